The Morgan fingerprint density at radius 3 is 3.10 bits per heavy atom. The summed E-state index contributed by atoms with van der Waals surface area (Å²) in [5.74, 6) is 0. The first-order chi connectivity index (χ1) is 4.88. The van der Waals surface area contributed by atoms with Gasteiger partial charge in [0.1, 0.15) is 0 Å². The van der Waals surface area contributed by atoms with Crippen molar-refractivity contribution in [3.05, 3.63) is 0 Å². The van der Waals surface area contributed by atoms with Gasteiger partial charge in [0.05, 0.1) is 6.61 Å². The summed E-state index contributed by atoms with van der Waals surface area (Å²) in [6, 6.07) is 0. The summed E-state index contributed by atoms with van der Waals surface area (Å²) < 4.78 is 12.7. The van der Waals surface area contributed by atoms with Gasteiger partial charge in [0.2, 0.25) is 0 Å². The van der Waals surface area contributed by atoms with Gasteiger partial charge < -0.3 is 9.05 Å². The van der Waals surface area contributed by atoms with Gasteiger partial charge in [-0.15, -0.1) is 0 Å². The van der Waals surface area contributed by atoms with Crippen LogP contribution in [-0.2, 0) is 9.05 Å². The fourth-order valence-corrected chi connectivity index (χ4v) is 2.35. The first kappa shape index (κ1) is 8.41. The fraction of sp³-hybridized carbons (Fsp3) is 1.00. The van der Waals surface area contributed by atoms with Crippen molar-refractivity contribution in [1.82, 2.24) is 4.67 Å². The molecule has 0 aromatic carbocycles. The second-order valence-corrected chi connectivity index (χ2v) is 3.87. The molecule has 1 rings (SSSR count). The zero-order valence-electron chi connectivity index (χ0n) is 6.54. The molecule has 0 amide bonds. The van der Waals surface area contributed by atoms with E-state index < -0.39 is 8.53 Å². The molecule has 1 fully saturated rings. The van der Waals surface area contributed by atoms with E-state index in [0.717, 1.165) is 19.7 Å². The van der Waals surface area contributed by atoms with E-state index in [1.807, 2.05) is 0 Å². The molecule has 1 aliphatic heterocycles. The van der Waals surface area contributed by atoms with Crippen LogP contribution in [0, 0.1) is 0 Å². The Balaban J connectivity index is 2.27. The smallest absolute Gasteiger partial charge is 0.258 e. The van der Waals surface area contributed by atoms with Crippen molar-refractivity contribution in [2.45, 2.75) is 13.3 Å². The molecule has 4 heteroatoms. The monoisotopic (exact) mass is 163 g/mol. The molecule has 1 unspecified atom stereocenters. The minimum atomic E-state index is -0.679. The average molecular weight is 163 g/mol. The molecule has 0 aliphatic carbocycles. The van der Waals surface area contributed by atoms with E-state index in [-0.39, 0.29) is 0 Å². The topological polar surface area (TPSA) is 21.7 Å². The minimum absolute atomic E-state index is 0.679. The predicted molar refractivity (Wildman–Crippen MR) is 41.7 cm³/mol. The Labute approximate surface area is 63.3 Å². The van der Waals surface area contributed by atoms with E-state index in [1.165, 1.54) is 6.42 Å². The van der Waals surface area contributed by atoms with Gasteiger partial charge in [-0.1, -0.05) is 6.92 Å². The van der Waals surface area contributed by atoms with Crippen molar-refractivity contribution < 1.29 is 9.05 Å². The molecular formula is C6H14NO2P. The molecule has 0 N–H and O–H groups in total. The third-order valence-electron chi connectivity index (χ3n) is 1.42. The van der Waals surface area contributed by atoms with Gasteiger partial charge in [0.25, 0.3) is 8.53 Å². The molecule has 10 heavy (non-hydrogen) atoms. The summed E-state index contributed by atoms with van der Waals surface area (Å²) >= 11 is 0. The highest BCUT2D eigenvalue weighted by Gasteiger charge is 2.25. The second kappa shape index (κ2) is 4.24. The van der Waals surface area contributed by atoms with Crippen LogP contribution in [0.15, 0.2) is 0 Å². The zero-order valence-corrected chi connectivity index (χ0v) is 7.43. The lowest BCUT2D eigenvalue weighted by molar-refractivity contribution is 0.316. The van der Waals surface area contributed by atoms with Crippen molar-refractivity contribution in [2.24, 2.45) is 0 Å². The maximum Gasteiger partial charge on any atom is 0.258 e. The molecule has 0 saturated carbocycles. The maximum atomic E-state index is 5.34. The summed E-state index contributed by atoms with van der Waals surface area (Å²) in [4.78, 5) is 0. The Kier molecular flexibility index (Phi) is 3.57. The van der Waals surface area contributed by atoms with Crippen LogP contribution in [0.3, 0.4) is 0 Å². The molecule has 60 valence electrons. The van der Waals surface area contributed by atoms with Crippen LogP contribution in [0.5, 0.6) is 0 Å². The van der Waals surface area contributed by atoms with Gasteiger partial charge in [-0.3, -0.25) is 0 Å². The Hall–Kier alpha value is 0.310. The van der Waals surface area contributed by atoms with Crippen LogP contribution in [0.25, 0.3) is 0 Å². The summed E-state index contributed by atoms with van der Waals surface area (Å²) in [6.07, 6.45) is 1.17. The van der Waals surface area contributed by atoms with E-state index in [4.69, 9.17) is 9.05 Å². The average Bonchev–Trinajstić information content (AvgIpc) is 2.36. The molecule has 0 radical (unpaired) electrons. The summed E-state index contributed by atoms with van der Waals surface area (Å²) in [5, 5.41) is 0. The molecule has 0 aromatic rings. The number of nitrogens with zero attached hydrogens (tertiary/aromatic N) is 1. The van der Waals surface area contributed by atoms with Crippen LogP contribution in [0.4, 0.5) is 0 Å². The highest BCUT2D eigenvalue weighted by atomic mass is 31.2. The van der Waals surface area contributed by atoms with E-state index in [1.54, 1.807) is 7.11 Å². The van der Waals surface area contributed by atoms with Gasteiger partial charge in [-0.2, -0.15) is 0 Å². The minimum Gasteiger partial charge on any atom is -0.325 e. The molecular weight excluding hydrogens is 149 g/mol. The maximum absolute atomic E-state index is 5.34. The number of hydrogen-bond acceptors (Lipinski definition) is 3. The van der Waals surface area contributed by atoms with E-state index >= 15 is 0 Å². The lowest BCUT2D eigenvalue weighted by Gasteiger charge is -2.17. The largest absolute Gasteiger partial charge is 0.325 e. The van der Waals surface area contributed by atoms with E-state index in [2.05, 4.69) is 11.6 Å². The lowest BCUT2D eigenvalue weighted by atomic mass is 10.5. The Morgan fingerprint density at radius 1 is 1.70 bits per heavy atom. The number of hydrogen-bond donors (Lipinski definition) is 0. The third kappa shape index (κ3) is 1.89. The van der Waals surface area contributed by atoms with Crippen LogP contribution < -0.4 is 0 Å². The predicted octanol–water partition coefficient (Wildman–Crippen LogP) is 1.60. The van der Waals surface area contributed by atoms with E-state index in [0.29, 0.717) is 0 Å². The molecule has 0 spiro atoms. The van der Waals surface area contributed by atoms with Crippen molar-refractivity contribution in [3.8, 4) is 0 Å². The van der Waals surface area contributed by atoms with E-state index in [9.17, 15) is 0 Å². The first-order valence-electron chi connectivity index (χ1n) is 3.60. The summed E-state index contributed by atoms with van der Waals surface area (Å²) in [5.41, 5.74) is 0. The van der Waals surface area contributed by atoms with Crippen LogP contribution in [0.2, 0.25) is 0 Å². The molecule has 3 nitrogen and oxygen atoms in total. The van der Waals surface area contributed by atoms with Gasteiger partial charge in [0, 0.05) is 20.2 Å². The van der Waals surface area contributed by atoms with Crippen molar-refractivity contribution >= 4 is 8.53 Å². The standard InChI is InChI=1S/C6H14NO2P/c1-3-4-7-5-6-9-10(7)8-2/h3-6H2,1-2H3. The van der Waals surface area contributed by atoms with Crippen molar-refractivity contribution in [3.63, 3.8) is 0 Å². The lowest BCUT2D eigenvalue weighted by Crippen LogP contribution is -2.15. The highest BCUT2D eigenvalue weighted by molar-refractivity contribution is 7.44. The normalized spacial score (nSPS) is 27.6. The molecule has 0 bridgehead atoms. The van der Waals surface area contributed by atoms with Crippen LogP contribution >= 0.6 is 8.53 Å². The van der Waals surface area contributed by atoms with Crippen molar-refractivity contribution in [2.75, 3.05) is 26.8 Å². The van der Waals surface area contributed by atoms with Gasteiger partial charge in [-0.25, -0.2) is 4.67 Å². The third-order valence-corrected chi connectivity index (χ3v) is 3.00. The summed E-state index contributed by atoms with van der Waals surface area (Å²) in [7, 11) is 1.03. The van der Waals surface area contributed by atoms with Gasteiger partial charge in [-0.05, 0) is 6.42 Å². The first-order valence-corrected chi connectivity index (χ1v) is 4.73. The molecule has 1 saturated heterocycles. The summed E-state index contributed by atoms with van der Waals surface area (Å²) in [6.45, 7) is 5.13. The molecule has 1 aliphatic rings. The van der Waals surface area contributed by atoms with Crippen LogP contribution in [0.1, 0.15) is 13.3 Å². The van der Waals surface area contributed by atoms with Gasteiger partial charge >= 0.3 is 0 Å². The number of rotatable bonds is 3. The molecule has 0 aromatic heterocycles. The Bertz CT molecular complexity index is 102. The van der Waals surface area contributed by atoms with Crippen molar-refractivity contribution in [1.29, 1.82) is 0 Å². The SMILES string of the molecule is CCCN1CCOP1OC. The molecule has 1 atom stereocenters. The molecule has 1 heterocycles. The zero-order chi connectivity index (χ0) is 7.40. The fourth-order valence-electron chi connectivity index (χ4n) is 1.01. The van der Waals surface area contributed by atoms with Gasteiger partial charge in [0.15, 0.2) is 0 Å². The Morgan fingerprint density at radius 2 is 2.50 bits per heavy atom. The highest BCUT2D eigenvalue weighted by Crippen LogP contribution is 2.45. The second-order valence-electron chi connectivity index (χ2n) is 2.21. The van der Waals surface area contributed by atoms with Crippen LogP contribution in [-0.4, -0.2) is 31.5 Å². The quantitative estimate of drug-likeness (QED) is 0.590.